The maximum absolute atomic E-state index is 10.8. The molecule has 0 spiro atoms. The van der Waals surface area contributed by atoms with Crippen LogP contribution in [0.25, 0.3) is 0 Å². The van der Waals surface area contributed by atoms with E-state index in [0.717, 1.165) is 0 Å². The van der Waals surface area contributed by atoms with E-state index in [1.165, 1.54) is 0 Å². The van der Waals surface area contributed by atoms with E-state index in [0.29, 0.717) is 13.2 Å². The van der Waals surface area contributed by atoms with Gasteiger partial charge >= 0.3 is 0 Å². The summed E-state index contributed by atoms with van der Waals surface area (Å²) in [5, 5.41) is 4.89. The number of hydrogen-bond donors (Lipinski definition) is 1. The first-order valence-electron chi connectivity index (χ1n) is 4.04. The molecule has 0 aliphatic carbocycles. The van der Waals surface area contributed by atoms with Gasteiger partial charge in [-0.05, 0) is 13.8 Å². The summed E-state index contributed by atoms with van der Waals surface area (Å²) in [5.74, 6) is -0.184. The summed E-state index contributed by atoms with van der Waals surface area (Å²) >= 11 is 0. The maximum atomic E-state index is 10.8. The van der Waals surface area contributed by atoms with Crippen LogP contribution in [0, 0.1) is 0 Å². The Balaban J connectivity index is 2.53. The number of hydrogen-bond acceptors (Lipinski definition) is 4. The molecule has 1 atom stereocenters. The average Bonchev–Trinajstić information content (AvgIpc) is 1.79. The molecule has 5 nitrogen and oxygen atoms in total. The van der Waals surface area contributed by atoms with Crippen molar-refractivity contribution in [3.8, 4) is 0 Å². The third-order valence-electron chi connectivity index (χ3n) is 1.66. The SMILES string of the molecule is CC1(C)COCC(CS(N)(=O)=O)O1. The Morgan fingerprint density at radius 2 is 2.15 bits per heavy atom. The highest BCUT2D eigenvalue weighted by Gasteiger charge is 2.31. The van der Waals surface area contributed by atoms with Crippen LogP contribution < -0.4 is 5.14 Å². The van der Waals surface area contributed by atoms with Gasteiger partial charge in [-0.3, -0.25) is 0 Å². The van der Waals surface area contributed by atoms with Crippen molar-refractivity contribution in [1.29, 1.82) is 0 Å². The highest BCUT2D eigenvalue weighted by atomic mass is 32.2. The van der Waals surface area contributed by atoms with E-state index in [9.17, 15) is 8.42 Å². The second-order valence-electron chi connectivity index (χ2n) is 3.84. The summed E-state index contributed by atoms with van der Waals surface area (Å²) in [4.78, 5) is 0. The summed E-state index contributed by atoms with van der Waals surface area (Å²) in [6.45, 7) is 4.47. The Morgan fingerprint density at radius 3 is 2.62 bits per heavy atom. The first kappa shape index (κ1) is 10.9. The van der Waals surface area contributed by atoms with Crippen LogP contribution in [0.2, 0.25) is 0 Å². The molecule has 0 amide bonds. The summed E-state index contributed by atoms with van der Waals surface area (Å²) < 4.78 is 32.2. The van der Waals surface area contributed by atoms with Gasteiger partial charge in [-0.2, -0.15) is 0 Å². The average molecular weight is 209 g/mol. The van der Waals surface area contributed by atoms with Crippen molar-refractivity contribution in [2.24, 2.45) is 5.14 Å². The second-order valence-corrected chi connectivity index (χ2v) is 5.50. The van der Waals surface area contributed by atoms with Gasteiger partial charge in [-0.1, -0.05) is 0 Å². The van der Waals surface area contributed by atoms with Crippen molar-refractivity contribution in [1.82, 2.24) is 0 Å². The van der Waals surface area contributed by atoms with Crippen molar-refractivity contribution in [2.75, 3.05) is 19.0 Å². The molecule has 2 N–H and O–H groups in total. The fourth-order valence-corrected chi connectivity index (χ4v) is 1.98. The predicted molar refractivity (Wildman–Crippen MR) is 47.7 cm³/mol. The van der Waals surface area contributed by atoms with Crippen LogP contribution >= 0.6 is 0 Å². The van der Waals surface area contributed by atoms with E-state index in [1.807, 2.05) is 13.8 Å². The molecular formula is C7H15NO4S. The van der Waals surface area contributed by atoms with Crippen LogP contribution in [-0.4, -0.2) is 39.1 Å². The van der Waals surface area contributed by atoms with Gasteiger partial charge in [0.2, 0.25) is 10.0 Å². The largest absolute Gasteiger partial charge is 0.376 e. The van der Waals surface area contributed by atoms with E-state index in [2.05, 4.69) is 0 Å². The van der Waals surface area contributed by atoms with Crippen molar-refractivity contribution in [2.45, 2.75) is 25.6 Å². The molecule has 0 saturated carbocycles. The molecule has 1 aliphatic rings. The molecule has 0 aromatic rings. The van der Waals surface area contributed by atoms with E-state index in [1.54, 1.807) is 0 Å². The van der Waals surface area contributed by atoms with Crippen molar-refractivity contribution in [3.05, 3.63) is 0 Å². The fraction of sp³-hybridized carbons (Fsp3) is 1.00. The minimum absolute atomic E-state index is 0.184. The molecule has 1 saturated heterocycles. The highest BCUT2D eigenvalue weighted by molar-refractivity contribution is 7.89. The summed E-state index contributed by atoms with van der Waals surface area (Å²) in [7, 11) is -3.48. The molecule has 6 heteroatoms. The molecular weight excluding hydrogens is 194 g/mol. The first-order chi connectivity index (χ1) is 5.79. The van der Waals surface area contributed by atoms with Crippen LogP contribution in [0.5, 0.6) is 0 Å². The van der Waals surface area contributed by atoms with E-state index < -0.39 is 21.7 Å². The standard InChI is InChI=1S/C7H15NO4S/c1-7(2)5-11-3-6(12-7)4-13(8,9)10/h6H,3-5H2,1-2H3,(H2,8,9,10). The summed E-state index contributed by atoms with van der Waals surface area (Å²) in [6.07, 6.45) is -0.446. The number of rotatable bonds is 2. The van der Waals surface area contributed by atoms with Crippen LogP contribution in [0.3, 0.4) is 0 Å². The van der Waals surface area contributed by atoms with Gasteiger partial charge in [0, 0.05) is 0 Å². The Labute approximate surface area is 78.3 Å². The first-order valence-corrected chi connectivity index (χ1v) is 5.76. The Kier molecular flexibility index (Phi) is 2.96. The Hall–Kier alpha value is -0.170. The molecule has 1 unspecified atom stereocenters. The number of sulfonamides is 1. The molecule has 1 aliphatic heterocycles. The maximum Gasteiger partial charge on any atom is 0.211 e. The quantitative estimate of drug-likeness (QED) is 0.663. The van der Waals surface area contributed by atoms with Crippen LogP contribution in [0.1, 0.15) is 13.8 Å². The Bertz CT molecular complexity index is 272. The zero-order valence-electron chi connectivity index (χ0n) is 7.82. The van der Waals surface area contributed by atoms with Gasteiger partial charge in [0.1, 0.15) is 0 Å². The van der Waals surface area contributed by atoms with Crippen molar-refractivity contribution in [3.63, 3.8) is 0 Å². The molecule has 0 radical (unpaired) electrons. The van der Waals surface area contributed by atoms with E-state index >= 15 is 0 Å². The fourth-order valence-electron chi connectivity index (χ4n) is 1.30. The number of primary sulfonamides is 1. The molecule has 13 heavy (non-hydrogen) atoms. The minimum atomic E-state index is -3.48. The Morgan fingerprint density at radius 1 is 1.54 bits per heavy atom. The lowest BCUT2D eigenvalue weighted by atomic mass is 10.1. The van der Waals surface area contributed by atoms with Crippen LogP contribution in [-0.2, 0) is 19.5 Å². The van der Waals surface area contributed by atoms with E-state index in [-0.39, 0.29) is 5.75 Å². The monoisotopic (exact) mass is 209 g/mol. The van der Waals surface area contributed by atoms with Gasteiger partial charge in [0.15, 0.2) is 0 Å². The molecule has 1 heterocycles. The lowest BCUT2D eigenvalue weighted by Crippen LogP contribution is -2.46. The van der Waals surface area contributed by atoms with Gasteiger partial charge in [-0.25, -0.2) is 13.6 Å². The van der Waals surface area contributed by atoms with Crippen LogP contribution in [0.4, 0.5) is 0 Å². The zero-order chi connectivity index (χ0) is 10.1. The van der Waals surface area contributed by atoms with Gasteiger partial charge in [0.25, 0.3) is 0 Å². The van der Waals surface area contributed by atoms with Gasteiger partial charge in [0.05, 0.1) is 30.7 Å². The summed E-state index contributed by atoms with van der Waals surface area (Å²) in [6, 6.07) is 0. The molecule has 1 rings (SSSR count). The molecule has 0 bridgehead atoms. The highest BCUT2D eigenvalue weighted by Crippen LogP contribution is 2.18. The predicted octanol–water partition coefficient (Wildman–Crippen LogP) is -0.531. The molecule has 0 aromatic carbocycles. The summed E-state index contributed by atoms with van der Waals surface area (Å²) in [5.41, 5.74) is -0.423. The van der Waals surface area contributed by atoms with Crippen molar-refractivity contribution >= 4 is 10.0 Å². The lowest BCUT2D eigenvalue weighted by Gasteiger charge is -2.35. The molecule has 78 valence electrons. The van der Waals surface area contributed by atoms with Gasteiger partial charge in [-0.15, -0.1) is 0 Å². The molecule has 1 fully saturated rings. The normalized spacial score (nSPS) is 28.7. The lowest BCUT2D eigenvalue weighted by molar-refractivity contribution is -0.174. The third-order valence-corrected chi connectivity index (χ3v) is 2.49. The smallest absolute Gasteiger partial charge is 0.211 e. The number of ether oxygens (including phenoxy) is 2. The minimum Gasteiger partial charge on any atom is -0.376 e. The van der Waals surface area contributed by atoms with Crippen molar-refractivity contribution < 1.29 is 17.9 Å². The van der Waals surface area contributed by atoms with Crippen LogP contribution in [0.15, 0.2) is 0 Å². The zero-order valence-corrected chi connectivity index (χ0v) is 8.63. The topological polar surface area (TPSA) is 78.6 Å². The molecule has 0 aromatic heterocycles. The second kappa shape index (κ2) is 3.53. The third kappa shape index (κ3) is 4.04. The van der Waals surface area contributed by atoms with E-state index in [4.69, 9.17) is 14.6 Å². The van der Waals surface area contributed by atoms with Gasteiger partial charge < -0.3 is 9.47 Å². The number of nitrogens with two attached hydrogens (primary N) is 1.